The molecular weight excluding hydrogens is 212 g/mol. The first-order valence-corrected chi connectivity index (χ1v) is 6.20. The van der Waals surface area contributed by atoms with Crippen LogP contribution >= 0.6 is 11.8 Å². The van der Waals surface area contributed by atoms with E-state index in [2.05, 4.69) is 24.1 Å². The minimum Gasteiger partial charge on any atom is -0.461 e. The highest BCUT2D eigenvalue weighted by atomic mass is 32.2. The fraction of sp³-hybridized carbons (Fsp3) is 0.700. The Kier molecular flexibility index (Phi) is 4.98. The van der Waals surface area contributed by atoms with E-state index in [1.807, 2.05) is 12.3 Å². The maximum atomic E-state index is 11.4. The van der Waals surface area contributed by atoms with Crippen LogP contribution in [0.1, 0.15) is 20.8 Å². The van der Waals surface area contributed by atoms with Crippen molar-refractivity contribution in [1.29, 1.82) is 0 Å². The molecule has 1 rings (SSSR count). The van der Waals surface area contributed by atoms with Gasteiger partial charge in [0.05, 0.1) is 6.61 Å². The first-order valence-electron chi connectivity index (χ1n) is 5.26. The maximum Gasteiger partial charge on any atom is 0.354 e. The van der Waals surface area contributed by atoms with Crippen molar-refractivity contribution in [2.75, 3.05) is 19.7 Å². The van der Waals surface area contributed by atoms with Gasteiger partial charge in [-0.1, -0.05) is 25.6 Å². The van der Waals surface area contributed by atoms with E-state index in [1.165, 1.54) is 0 Å². The van der Waals surface area contributed by atoms with Gasteiger partial charge >= 0.3 is 5.97 Å². The Morgan fingerprint density at radius 2 is 2.20 bits per heavy atom. The molecule has 0 radical (unpaired) electrons. The number of hydrogen-bond donors (Lipinski definition) is 1. The minimum absolute atomic E-state index is 0.166. The monoisotopic (exact) mass is 230 g/mol. The van der Waals surface area contributed by atoms with Gasteiger partial charge < -0.3 is 10.1 Å². The molecule has 1 aliphatic rings. The Hall–Kier alpha value is -0.680. The second-order valence-electron chi connectivity index (χ2n) is 3.11. The number of carbonyl (C=O) groups excluding carboxylic acids is 1. The van der Waals surface area contributed by atoms with E-state index in [-0.39, 0.29) is 11.5 Å². The van der Waals surface area contributed by atoms with Crippen molar-refractivity contribution in [2.24, 2.45) is 0 Å². The molecule has 5 heteroatoms. The summed E-state index contributed by atoms with van der Waals surface area (Å²) in [5.74, 6) is -0.264. The lowest BCUT2D eigenvalue weighted by molar-refractivity contribution is -0.139. The van der Waals surface area contributed by atoms with Crippen molar-refractivity contribution in [3.05, 3.63) is 11.1 Å². The molecule has 4 nitrogen and oxygen atoms in total. The third-order valence-corrected chi connectivity index (χ3v) is 3.28. The van der Waals surface area contributed by atoms with Crippen LogP contribution in [0.25, 0.3) is 0 Å². The van der Waals surface area contributed by atoms with Crippen LogP contribution in [0, 0.1) is 0 Å². The Labute approximate surface area is 95.0 Å². The van der Waals surface area contributed by atoms with Crippen LogP contribution in [0.4, 0.5) is 0 Å². The summed E-state index contributed by atoms with van der Waals surface area (Å²) in [6.07, 6.45) is 0. The molecule has 0 aromatic heterocycles. The van der Waals surface area contributed by atoms with Crippen LogP contribution in [0.5, 0.6) is 0 Å². The highest BCUT2D eigenvalue weighted by molar-refractivity contribution is 8.02. The number of rotatable bonds is 5. The molecule has 1 aliphatic heterocycles. The predicted molar refractivity (Wildman–Crippen MR) is 62.2 cm³/mol. The van der Waals surface area contributed by atoms with E-state index < -0.39 is 0 Å². The van der Waals surface area contributed by atoms with E-state index in [0.29, 0.717) is 12.3 Å². The SMILES string of the molecule is CCOC(=O)C1=CSC(N(CC)CC)N1. The molecule has 0 amide bonds. The molecule has 0 spiro atoms. The second-order valence-corrected chi connectivity index (χ2v) is 4.06. The van der Waals surface area contributed by atoms with Crippen molar-refractivity contribution in [3.8, 4) is 0 Å². The van der Waals surface area contributed by atoms with Gasteiger partial charge in [0.1, 0.15) is 11.2 Å². The summed E-state index contributed by atoms with van der Waals surface area (Å²) in [6.45, 7) is 8.36. The van der Waals surface area contributed by atoms with Crippen LogP contribution in [0.15, 0.2) is 11.1 Å². The minimum atomic E-state index is -0.264. The molecular formula is C10H18N2O2S. The lowest BCUT2D eigenvalue weighted by Crippen LogP contribution is -2.41. The zero-order chi connectivity index (χ0) is 11.3. The molecule has 15 heavy (non-hydrogen) atoms. The zero-order valence-electron chi connectivity index (χ0n) is 9.45. The quantitative estimate of drug-likeness (QED) is 0.722. The van der Waals surface area contributed by atoms with Crippen molar-refractivity contribution in [3.63, 3.8) is 0 Å². The van der Waals surface area contributed by atoms with Gasteiger partial charge in [-0.05, 0) is 20.0 Å². The van der Waals surface area contributed by atoms with E-state index in [0.717, 1.165) is 13.1 Å². The molecule has 1 atom stereocenters. The van der Waals surface area contributed by atoms with E-state index in [1.54, 1.807) is 11.8 Å². The molecule has 1 heterocycles. The zero-order valence-corrected chi connectivity index (χ0v) is 10.3. The van der Waals surface area contributed by atoms with Gasteiger partial charge in [0.2, 0.25) is 0 Å². The highest BCUT2D eigenvalue weighted by Crippen LogP contribution is 2.23. The van der Waals surface area contributed by atoms with Crippen molar-refractivity contribution >= 4 is 17.7 Å². The van der Waals surface area contributed by atoms with Crippen molar-refractivity contribution < 1.29 is 9.53 Å². The summed E-state index contributed by atoms with van der Waals surface area (Å²) in [5.41, 5.74) is 0.734. The number of carbonyl (C=O) groups is 1. The molecule has 0 bridgehead atoms. The molecule has 0 saturated carbocycles. The molecule has 86 valence electrons. The van der Waals surface area contributed by atoms with Crippen LogP contribution in [0.2, 0.25) is 0 Å². The van der Waals surface area contributed by atoms with Gasteiger partial charge in [0.15, 0.2) is 0 Å². The third kappa shape index (κ3) is 3.14. The Morgan fingerprint density at radius 3 is 2.73 bits per heavy atom. The molecule has 0 saturated heterocycles. The number of esters is 1. The maximum absolute atomic E-state index is 11.4. The van der Waals surface area contributed by atoms with Crippen LogP contribution in [-0.2, 0) is 9.53 Å². The molecule has 0 fully saturated rings. The third-order valence-electron chi connectivity index (χ3n) is 2.23. The predicted octanol–water partition coefficient (Wildman–Crippen LogP) is 1.35. The van der Waals surface area contributed by atoms with E-state index in [9.17, 15) is 4.79 Å². The first kappa shape index (κ1) is 12.4. The number of hydrogen-bond acceptors (Lipinski definition) is 5. The van der Waals surface area contributed by atoms with Crippen LogP contribution < -0.4 is 5.32 Å². The average molecular weight is 230 g/mol. The normalized spacial score (nSPS) is 20.0. The second kappa shape index (κ2) is 6.02. The fourth-order valence-electron chi connectivity index (χ4n) is 1.38. The Bertz CT molecular complexity index is 252. The lowest BCUT2D eigenvalue weighted by atomic mass is 10.5. The number of nitrogens with zero attached hydrogens (tertiary/aromatic N) is 1. The van der Waals surface area contributed by atoms with Gasteiger partial charge in [-0.3, -0.25) is 4.90 Å². The van der Waals surface area contributed by atoms with Gasteiger partial charge in [0, 0.05) is 5.41 Å². The molecule has 0 aromatic rings. The van der Waals surface area contributed by atoms with E-state index >= 15 is 0 Å². The van der Waals surface area contributed by atoms with Gasteiger partial charge in [0.25, 0.3) is 0 Å². The van der Waals surface area contributed by atoms with Crippen LogP contribution in [-0.4, -0.2) is 36.1 Å². The summed E-state index contributed by atoms with van der Waals surface area (Å²) < 4.78 is 4.92. The Balaban J connectivity index is 2.46. The molecule has 1 unspecified atom stereocenters. The Morgan fingerprint density at radius 1 is 1.53 bits per heavy atom. The topological polar surface area (TPSA) is 41.6 Å². The number of thioether (sulfide) groups is 1. The molecule has 0 aromatic carbocycles. The first-order chi connectivity index (χ1) is 7.22. The smallest absolute Gasteiger partial charge is 0.354 e. The lowest BCUT2D eigenvalue weighted by Gasteiger charge is -2.25. The standard InChI is InChI=1S/C10H18N2O2S/c1-4-12(5-2)10-11-8(7-15-10)9(13)14-6-3/h7,10-11H,4-6H2,1-3H3. The fourth-order valence-corrected chi connectivity index (χ4v) is 2.48. The average Bonchev–Trinajstić information content (AvgIpc) is 2.69. The number of nitrogens with one attached hydrogen (secondary N) is 1. The summed E-state index contributed by atoms with van der Waals surface area (Å²) in [4.78, 5) is 13.6. The van der Waals surface area contributed by atoms with Crippen molar-refractivity contribution in [2.45, 2.75) is 26.3 Å². The molecule has 1 N–H and O–H groups in total. The number of ether oxygens (including phenoxy) is 1. The van der Waals surface area contributed by atoms with Crippen LogP contribution in [0.3, 0.4) is 0 Å². The van der Waals surface area contributed by atoms with E-state index in [4.69, 9.17) is 4.74 Å². The molecule has 0 aliphatic carbocycles. The van der Waals surface area contributed by atoms with Gasteiger partial charge in [-0.15, -0.1) is 0 Å². The van der Waals surface area contributed by atoms with Crippen molar-refractivity contribution in [1.82, 2.24) is 10.2 Å². The summed E-state index contributed by atoms with van der Waals surface area (Å²) in [6, 6.07) is 0. The summed E-state index contributed by atoms with van der Waals surface area (Å²) in [7, 11) is 0. The largest absolute Gasteiger partial charge is 0.461 e. The van der Waals surface area contributed by atoms with Gasteiger partial charge in [-0.25, -0.2) is 4.79 Å². The van der Waals surface area contributed by atoms with Gasteiger partial charge in [-0.2, -0.15) is 0 Å². The summed E-state index contributed by atoms with van der Waals surface area (Å²) >= 11 is 1.61. The summed E-state index contributed by atoms with van der Waals surface area (Å²) in [5, 5.41) is 4.99. The highest BCUT2D eigenvalue weighted by Gasteiger charge is 2.25.